The van der Waals surface area contributed by atoms with Gasteiger partial charge in [-0.25, -0.2) is 0 Å². The normalized spacial score (nSPS) is 31.3. The lowest BCUT2D eigenvalue weighted by Gasteiger charge is -2.48. The van der Waals surface area contributed by atoms with Gasteiger partial charge in [-0.15, -0.1) is 0 Å². The number of hydrogen-bond acceptors (Lipinski definition) is 2. The van der Waals surface area contributed by atoms with E-state index >= 15 is 0 Å². The molecule has 0 aromatic heterocycles. The highest BCUT2D eigenvalue weighted by Gasteiger charge is 2.44. The summed E-state index contributed by atoms with van der Waals surface area (Å²) in [5.41, 5.74) is 6.63. The molecule has 0 bridgehead atoms. The van der Waals surface area contributed by atoms with Crippen molar-refractivity contribution in [2.75, 3.05) is 13.6 Å². The van der Waals surface area contributed by atoms with E-state index in [9.17, 15) is 0 Å². The van der Waals surface area contributed by atoms with Crippen LogP contribution in [0, 0.1) is 5.92 Å². The summed E-state index contributed by atoms with van der Waals surface area (Å²) in [5.74, 6) is 0.888. The Balaban J connectivity index is 2.82. The Bertz CT molecular complexity index is 225. The van der Waals surface area contributed by atoms with Crippen molar-refractivity contribution in [1.29, 1.82) is 0 Å². The molecular weight excluding hydrogens is 196 g/mol. The molecule has 2 heteroatoms. The van der Waals surface area contributed by atoms with E-state index < -0.39 is 0 Å². The average Bonchev–Trinajstić information content (AvgIpc) is 2.72. The second-order valence-corrected chi connectivity index (χ2v) is 6.17. The van der Waals surface area contributed by atoms with Crippen LogP contribution in [0.5, 0.6) is 0 Å². The molecule has 1 rings (SSSR count). The zero-order chi connectivity index (χ0) is 12.4. The van der Waals surface area contributed by atoms with Crippen LogP contribution in [0.15, 0.2) is 0 Å². The summed E-state index contributed by atoms with van der Waals surface area (Å²) in [5, 5.41) is 0. The van der Waals surface area contributed by atoms with Crippen LogP contribution in [0.25, 0.3) is 0 Å². The van der Waals surface area contributed by atoms with Gasteiger partial charge in [0.25, 0.3) is 0 Å². The first-order valence-corrected chi connectivity index (χ1v) is 6.86. The summed E-state index contributed by atoms with van der Waals surface area (Å²) >= 11 is 0. The summed E-state index contributed by atoms with van der Waals surface area (Å²) in [6, 6.07) is 0. The van der Waals surface area contributed by atoms with Crippen molar-refractivity contribution in [1.82, 2.24) is 4.90 Å². The molecule has 1 aliphatic rings. The maximum Gasteiger partial charge on any atom is 0.0336 e. The monoisotopic (exact) mass is 226 g/mol. The fourth-order valence-electron chi connectivity index (χ4n) is 3.07. The first-order chi connectivity index (χ1) is 7.41. The average molecular weight is 226 g/mol. The zero-order valence-corrected chi connectivity index (χ0v) is 11.8. The summed E-state index contributed by atoms with van der Waals surface area (Å²) in [6.07, 6.45) is 6.42. The van der Waals surface area contributed by atoms with E-state index in [1.807, 2.05) is 0 Å². The van der Waals surface area contributed by atoms with E-state index in [0.29, 0.717) is 0 Å². The first kappa shape index (κ1) is 14.0. The minimum atomic E-state index is 0.264. The van der Waals surface area contributed by atoms with Gasteiger partial charge in [-0.2, -0.15) is 0 Å². The van der Waals surface area contributed by atoms with Crippen molar-refractivity contribution in [2.45, 2.75) is 70.9 Å². The molecular formula is C14H30N2. The van der Waals surface area contributed by atoms with Crippen LogP contribution in [0.4, 0.5) is 0 Å². The van der Waals surface area contributed by atoms with Crippen molar-refractivity contribution in [3.63, 3.8) is 0 Å². The lowest BCUT2D eigenvalue weighted by Crippen LogP contribution is -2.58. The number of hydrogen-bond donors (Lipinski definition) is 1. The van der Waals surface area contributed by atoms with Gasteiger partial charge in [0.15, 0.2) is 0 Å². The second-order valence-electron chi connectivity index (χ2n) is 6.17. The molecule has 0 aliphatic heterocycles. The van der Waals surface area contributed by atoms with E-state index in [0.717, 1.165) is 12.5 Å². The fraction of sp³-hybridized carbons (Fsp3) is 1.00. The Hall–Kier alpha value is -0.0800. The van der Waals surface area contributed by atoms with Gasteiger partial charge < -0.3 is 5.73 Å². The van der Waals surface area contributed by atoms with E-state index in [1.54, 1.807) is 0 Å². The molecule has 0 radical (unpaired) electrons. The van der Waals surface area contributed by atoms with Crippen LogP contribution in [-0.4, -0.2) is 29.6 Å². The second kappa shape index (κ2) is 5.05. The van der Waals surface area contributed by atoms with Crippen LogP contribution in [-0.2, 0) is 0 Å². The van der Waals surface area contributed by atoms with Crippen molar-refractivity contribution in [3.8, 4) is 0 Å². The lowest BCUT2D eigenvalue weighted by molar-refractivity contribution is 0.0249. The van der Waals surface area contributed by atoms with E-state index in [4.69, 9.17) is 5.73 Å². The van der Waals surface area contributed by atoms with Crippen molar-refractivity contribution < 1.29 is 0 Å². The standard InChI is InChI=1S/C14H30N2/c1-6-12-8-9-14(10-12,11-15)16(5)13(3,4)7-2/h12H,6-11,15H2,1-5H3. The van der Waals surface area contributed by atoms with E-state index in [2.05, 4.69) is 39.6 Å². The molecule has 2 nitrogen and oxygen atoms in total. The van der Waals surface area contributed by atoms with Crippen molar-refractivity contribution >= 4 is 0 Å². The molecule has 1 aliphatic carbocycles. The van der Waals surface area contributed by atoms with Crippen molar-refractivity contribution in [2.24, 2.45) is 11.7 Å². The van der Waals surface area contributed by atoms with Crippen LogP contribution in [0.2, 0.25) is 0 Å². The molecule has 1 fully saturated rings. The maximum atomic E-state index is 6.10. The van der Waals surface area contributed by atoms with Crippen molar-refractivity contribution in [3.05, 3.63) is 0 Å². The highest BCUT2D eigenvalue weighted by Crippen LogP contribution is 2.42. The van der Waals surface area contributed by atoms with Gasteiger partial charge in [0, 0.05) is 17.6 Å². The summed E-state index contributed by atoms with van der Waals surface area (Å²) in [4.78, 5) is 2.57. The fourth-order valence-corrected chi connectivity index (χ4v) is 3.07. The smallest absolute Gasteiger partial charge is 0.0336 e. The molecule has 0 saturated heterocycles. The Morgan fingerprint density at radius 3 is 2.38 bits per heavy atom. The molecule has 96 valence electrons. The molecule has 0 aromatic carbocycles. The van der Waals surface area contributed by atoms with Gasteiger partial charge in [0.05, 0.1) is 0 Å². The third kappa shape index (κ3) is 2.43. The number of likely N-dealkylation sites (N-methyl/N-ethyl adjacent to an activating group) is 1. The third-order valence-corrected chi connectivity index (χ3v) is 5.13. The highest BCUT2D eigenvalue weighted by atomic mass is 15.2. The van der Waals surface area contributed by atoms with Crippen LogP contribution in [0.3, 0.4) is 0 Å². The third-order valence-electron chi connectivity index (χ3n) is 5.13. The highest BCUT2D eigenvalue weighted by molar-refractivity contribution is 5.01. The Kier molecular flexibility index (Phi) is 4.42. The molecule has 2 unspecified atom stereocenters. The van der Waals surface area contributed by atoms with E-state index in [1.165, 1.54) is 32.1 Å². The molecule has 0 spiro atoms. The molecule has 2 N–H and O–H groups in total. The Morgan fingerprint density at radius 2 is 2.00 bits per heavy atom. The summed E-state index contributed by atoms with van der Waals surface area (Å²) in [7, 11) is 2.27. The quantitative estimate of drug-likeness (QED) is 0.781. The number of nitrogens with zero attached hydrogens (tertiary/aromatic N) is 1. The topological polar surface area (TPSA) is 29.3 Å². The van der Waals surface area contributed by atoms with Gasteiger partial charge in [-0.3, -0.25) is 4.90 Å². The van der Waals surface area contributed by atoms with Crippen LogP contribution in [0.1, 0.15) is 59.8 Å². The largest absolute Gasteiger partial charge is 0.329 e. The molecule has 2 atom stereocenters. The van der Waals surface area contributed by atoms with Gasteiger partial charge in [-0.1, -0.05) is 20.3 Å². The predicted octanol–water partition coefficient (Wildman–Crippen LogP) is 3.01. The molecule has 0 amide bonds. The maximum absolute atomic E-state index is 6.10. The minimum absolute atomic E-state index is 0.264. The number of rotatable bonds is 5. The van der Waals surface area contributed by atoms with E-state index in [-0.39, 0.29) is 11.1 Å². The van der Waals surface area contributed by atoms with Gasteiger partial charge in [0.2, 0.25) is 0 Å². The molecule has 16 heavy (non-hydrogen) atoms. The van der Waals surface area contributed by atoms with Crippen LogP contribution < -0.4 is 5.73 Å². The first-order valence-electron chi connectivity index (χ1n) is 6.86. The Labute approximate surface area is 102 Å². The predicted molar refractivity (Wildman–Crippen MR) is 71.6 cm³/mol. The molecule has 0 aromatic rings. The minimum Gasteiger partial charge on any atom is -0.329 e. The number of nitrogens with two attached hydrogens (primary N) is 1. The summed E-state index contributed by atoms with van der Waals surface area (Å²) in [6.45, 7) is 10.1. The molecule has 0 heterocycles. The molecule has 1 saturated carbocycles. The Morgan fingerprint density at radius 1 is 1.38 bits per heavy atom. The zero-order valence-electron chi connectivity index (χ0n) is 11.8. The van der Waals surface area contributed by atoms with Gasteiger partial charge >= 0.3 is 0 Å². The van der Waals surface area contributed by atoms with Crippen LogP contribution >= 0.6 is 0 Å². The summed E-state index contributed by atoms with van der Waals surface area (Å²) < 4.78 is 0. The SMILES string of the molecule is CCC1CCC(CN)(N(C)C(C)(C)CC)C1. The van der Waals surface area contributed by atoms with Gasteiger partial charge in [0.1, 0.15) is 0 Å². The lowest BCUT2D eigenvalue weighted by atomic mass is 9.87. The van der Waals surface area contributed by atoms with Gasteiger partial charge in [-0.05, 0) is 52.5 Å².